The molecule has 15 heavy (non-hydrogen) atoms. The Morgan fingerprint density at radius 1 is 1.60 bits per heavy atom. The van der Waals surface area contributed by atoms with Crippen molar-refractivity contribution in [3.05, 3.63) is 15.9 Å². The van der Waals surface area contributed by atoms with Gasteiger partial charge in [-0.1, -0.05) is 0 Å². The van der Waals surface area contributed by atoms with Crippen LogP contribution in [0.25, 0.3) is 0 Å². The minimum Gasteiger partial charge on any atom is -0.362 e. The first-order valence-electron chi connectivity index (χ1n) is 5.20. The van der Waals surface area contributed by atoms with Crippen LogP contribution >= 0.6 is 27.3 Å². The van der Waals surface area contributed by atoms with Gasteiger partial charge >= 0.3 is 0 Å². The van der Waals surface area contributed by atoms with E-state index < -0.39 is 0 Å². The molecule has 1 aliphatic heterocycles. The lowest BCUT2D eigenvalue weighted by atomic mass is 10.0. The molecule has 2 nitrogen and oxygen atoms in total. The number of nitrogens with zero attached hydrogens (tertiary/aromatic N) is 1. The van der Waals surface area contributed by atoms with E-state index in [0.717, 1.165) is 6.54 Å². The summed E-state index contributed by atoms with van der Waals surface area (Å²) >= 11 is 5.30. The van der Waals surface area contributed by atoms with Crippen molar-refractivity contribution in [3.8, 4) is 0 Å². The number of hydrogen-bond donors (Lipinski definition) is 1. The van der Waals surface area contributed by atoms with Crippen molar-refractivity contribution in [1.82, 2.24) is 5.32 Å². The lowest BCUT2D eigenvalue weighted by molar-refractivity contribution is 0.454. The summed E-state index contributed by atoms with van der Waals surface area (Å²) < 4.78 is 1.18. The summed E-state index contributed by atoms with van der Waals surface area (Å²) in [5.74, 6) is 0. The maximum atomic E-state index is 3.55. The van der Waals surface area contributed by atoms with Gasteiger partial charge in [-0.3, -0.25) is 0 Å². The molecule has 0 spiro atoms. The van der Waals surface area contributed by atoms with Crippen LogP contribution in [0.1, 0.15) is 20.3 Å². The molecule has 1 unspecified atom stereocenters. The zero-order chi connectivity index (χ0) is 11.1. The summed E-state index contributed by atoms with van der Waals surface area (Å²) in [6, 6.07) is 2.81. The van der Waals surface area contributed by atoms with E-state index in [1.54, 1.807) is 11.3 Å². The fourth-order valence-corrected chi connectivity index (χ4v) is 3.53. The highest BCUT2D eigenvalue weighted by Crippen LogP contribution is 2.31. The molecule has 2 heterocycles. The Labute approximate surface area is 104 Å². The van der Waals surface area contributed by atoms with Crippen molar-refractivity contribution in [2.45, 2.75) is 31.8 Å². The van der Waals surface area contributed by atoms with Crippen LogP contribution in [-0.2, 0) is 0 Å². The molecule has 0 aromatic carbocycles. The molecule has 1 N–H and O–H groups in total. The van der Waals surface area contributed by atoms with Crippen LogP contribution in [0, 0.1) is 0 Å². The summed E-state index contributed by atoms with van der Waals surface area (Å²) in [5.41, 5.74) is 0.285. The largest absolute Gasteiger partial charge is 0.362 e. The zero-order valence-electron chi connectivity index (χ0n) is 9.38. The molecule has 1 fully saturated rings. The lowest BCUT2D eigenvalue weighted by Gasteiger charge is -2.25. The van der Waals surface area contributed by atoms with Crippen molar-refractivity contribution in [3.63, 3.8) is 0 Å². The third-order valence-electron chi connectivity index (χ3n) is 3.01. The first kappa shape index (κ1) is 11.4. The molecule has 1 aliphatic rings. The third-order valence-corrected chi connectivity index (χ3v) is 4.79. The number of halogens is 1. The normalized spacial score (nSPS) is 24.4. The van der Waals surface area contributed by atoms with Crippen LogP contribution < -0.4 is 10.2 Å². The van der Waals surface area contributed by atoms with E-state index in [0.29, 0.717) is 6.04 Å². The van der Waals surface area contributed by atoms with Crippen LogP contribution in [0.5, 0.6) is 0 Å². The van der Waals surface area contributed by atoms with Crippen LogP contribution in [0.15, 0.2) is 15.9 Å². The van der Waals surface area contributed by atoms with Gasteiger partial charge in [0, 0.05) is 35.0 Å². The van der Waals surface area contributed by atoms with Gasteiger partial charge in [-0.2, -0.15) is 0 Å². The monoisotopic (exact) mass is 288 g/mol. The second-order valence-electron chi connectivity index (χ2n) is 4.84. The zero-order valence-corrected chi connectivity index (χ0v) is 11.8. The topological polar surface area (TPSA) is 15.3 Å². The summed E-state index contributed by atoms with van der Waals surface area (Å²) in [6.07, 6.45) is 1.21. The number of rotatable bonds is 2. The Morgan fingerprint density at radius 2 is 2.33 bits per heavy atom. The summed E-state index contributed by atoms with van der Waals surface area (Å²) in [7, 11) is 2.19. The van der Waals surface area contributed by atoms with E-state index in [2.05, 4.69) is 58.5 Å². The van der Waals surface area contributed by atoms with Crippen molar-refractivity contribution in [1.29, 1.82) is 0 Å². The average molecular weight is 289 g/mol. The van der Waals surface area contributed by atoms with Crippen LogP contribution in [-0.4, -0.2) is 25.2 Å². The van der Waals surface area contributed by atoms with Crippen molar-refractivity contribution >= 4 is 32.3 Å². The fraction of sp³-hybridized carbons (Fsp3) is 0.636. The maximum absolute atomic E-state index is 3.55. The second-order valence-corrected chi connectivity index (χ2v) is 6.64. The predicted molar refractivity (Wildman–Crippen MR) is 70.9 cm³/mol. The molecule has 0 saturated carbocycles. The highest BCUT2D eigenvalue weighted by atomic mass is 79.9. The van der Waals surface area contributed by atoms with E-state index in [1.807, 2.05) is 0 Å². The van der Waals surface area contributed by atoms with E-state index in [1.165, 1.54) is 15.9 Å². The minimum atomic E-state index is 0.285. The summed E-state index contributed by atoms with van der Waals surface area (Å²) in [6.45, 7) is 5.62. The molecule has 1 aromatic heterocycles. The van der Waals surface area contributed by atoms with E-state index in [4.69, 9.17) is 0 Å². The van der Waals surface area contributed by atoms with Gasteiger partial charge in [0.15, 0.2) is 0 Å². The average Bonchev–Trinajstić information content (AvgIpc) is 2.71. The van der Waals surface area contributed by atoms with Gasteiger partial charge in [-0.25, -0.2) is 0 Å². The van der Waals surface area contributed by atoms with Gasteiger partial charge in [0.05, 0.1) is 5.00 Å². The Morgan fingerprint density at radius 3 is 2.80 bits per heavy atom. The Balaban J connectivity index is 2.06. The maximum Gasteiger partial charge on any atom is 0.0920 e. The van der Waals surface area contributed by atoms with E-state index >= 15 is 0 Å². The first-order chi connectivity index (χ1) is 6.98. The quantitative estimate of drug-likeness (QED) is 0.900. The smallest absolute Gasteiger partial charge is 0.0920 e. The third kappa shape index (κ3) is 2.55. The van der Waals surface area contributed by atoms with Crippen LogP contribution in [0.4, 0.5) is 5.00 Å². The highest BCUT2D eigenvalue weighted by molar-refractivity contribution is 9.10. The van der Waals surface area contributed by atoms with Crippen molar-refractivity contribution in [2.24, 2.45) is 0 Å². The molecule has 4 heteroatoms. The van der Waals surface area contributed by atoms with Gasteiger partial charge in [0.1, 0.15) is 0 Å². The molecule has 2 rings (SSSR count). The van der Waals surface area contributed by atoms with Gasteiger partial charge in [-0.05, 0) is 42.3 Å². The summed E-state index contributed by atoms with van der Waals surface area (Å²) in [4.78, 5) is 2.39. The fourth-order valence-electron chi connectivity index (χ4n) is 2.07. The lowest BCUT2D eigenvalue weighted by Crippen LogP contribution is -2.32. The molecule has 1 saturated heterocycles. The Bertz CT molecular complexity index is 348. The molecule has 84 valence electrons. The SMILES string of the molecule is CN(c1cc(Br)cs1)C1CNC(C)(C)C1. The van der Waals surface area contributed by atoms with E-state index in [-0.39, 0.29) is 5.54 Å². The molecule has 1 atom stereocenters. The Hall–Kier alpha value is -0.0600. The van der Waals surface area contributed by atoms with Crippen molar-refractivity contribution in [2.75, 3.05) is 18.5 Å². The number of likely N-dealkylation sites (N-methyl/N-ethyl adjacent to an activating group) is 1. The second kappa shape index (κ2) is 4.07. The van der Waals surface area contributed by atoms with Gasteiger partial charge < -0.3 is 10.2 Å². The predicted octanol–water partition coefficient (Wildman–Crippen LogP) is 3.09. The number of thiophene rings is 1. The van der Waals surface area contributed by atoms with Crippen molar-refractivity contribution < 1.29 is 0 Å². The van der Waals surface area contributed by atoms with Gasteiger partial charge in [0.2, 0.25) is 0 Å². The standard InChI is InChI=1S/C11H17BrN2S/c1-11(2)5-9(6-13-11)14(3)10-4-8(12)7-15-10/h4,7,9,13H,5-6H2,1-3H3. The van der Waals surface area contributed by atoms with Crippen LogP contribution in [0.3, 0.4) is 0 Å². The number of hydrogen-bond acceptors (Lipinski definition) is 3. The number of anilines is 1. The first-order valence-corrected chi connectivity index (χ1v) is 6.87. The van der Waals surface area contributed by atoms with Crippen LogP contribution in [0.2, 0.25) is 0 Å². The van der Waals surface area contributed by atoms with Gasteiger partial charge in [0.25, 0.3) is 0 Å². The highest BCUT2D eigenvalue weighted by Gasteiger charge is 2.32. The molecular weight excluding hydrogens is 272 g/mol. The molecule has 0 amide bonds. The van der Waals surface area contributed by atoms with E-state index in [9.17, 15) is 0 Å². The molecule has 1 aromatic rings. The molecule has 0 radical (unpaired) electrons. The molecule has 0 aliphatic carbocycles. The van der Waals surface area contributed by atoms with Gasteiger partial charge in [-0.15, -0.1) is 11.3 Å². The molecular formula is C11H17BrN2S. The molecule has 0 bridgehead atoms. The minimum absolute atomic E-state index is 0.285. The Kier molecular flexibility index (Phi) is 3.10. The summed E-state index contributed by atoms with van der Waals surface area (Å²) in [5, 5.41) is 7.03. The number of nitrogens with one attached hydrogen (secondary N) is 1.